The van der Waals surface area contributed by atoms with Crippen LogP contribution in [0.1, 0.15) is 27.7 Å². The Labute approximate surface area is 75.9 Å². The van der Waals surface area contributed by atoms with Crippen molar-refractivity contribution in [3.05, 3.63) is 23.3 Å². The van der Waals surface area contributed by atoms with E-state index >= 15 is 0 Å². The quantitative estimate of drug-likeness (QED) is 0.448. The summed E-state index contributed by atoms with van der Waals surface area (Å²) in [6, 6.07) is 0. The molecule has 0 bridgehead atoms. The minimum absolute atomic E-state index is 0.630. The molecule has 0 unspecified atom stereocenters. The standard InChI is InChI=1S/C11H19N/c1-9(2)11(4)7-6-10(3)8-12-5/h6-7,9H,5,8H2,1-4H3/b10-6+,11-7+. The van der Waals surface area contributed by atoms with Crippen LogP contribution in [-0.4, -0.2) is 13.3 Å². The van der Waals surface area contributed by atoms with Gasteiger partial charge in [0.1, 0.15) is 0 Å². The van der Waals surface area contributed by atoms with Crippen LogP contribution in [0, 0.1) is 5.92 Å². The topological polar surface area (TPSA) is 12.4 Å². The summed E-state index contributed by atoms with van der Waals surface area (Å²) in [6.07, 6.45) is 4.27. The summed E-state index contributed by atoms with van der Waals surface area (Å²) < 4.78 is 0. The molecule has 0 spiro atoms. The van der Waals surface area contributed by atoms with E-state index in [0.29, 0.717) is 5.92 Å². The predicted molar refractivity (Wildman–Crippen MR) is 56.8 cm³/mol. The van der Waals surface area contributed by atoms with E-state index in [4.69, 9.17) is 0 Å². The zero-order chi connectivity index (χ0) is 9.56. The Balaban J connectivity index is 4.16. The first-order valence-corrected chi connectivity index (χ1v) is 4.34. The van der Waals surface area contributed by atoms with E-state index in [2.05, 4.69) is 51.6 Å². The minimum Gasteiger partial charge on any atom is -0.297 e. The molecule has 1 heteroatoms. The van der Waals surface area contributed by atoms with E-state index in [9.17, 15) is 0 Å². The maximum absolute atomic E-state index is 3.81. The van der Waals surface area contributed by atoms with Gasteiger partial charge in [-0.3, -0.25) is 4.99 Å². The highest BCUT2D eigenvalue weighted by Gasteiger charge is 1.93. The largest absolute Gasteiger partial charge is 0.297 e. The van der Waals surface area contributed by atoms with Crippen molar-refractivity contribution in [2.45, 2.75) is 27.7 Å². The summed E-state index contributed by atoms with van der Waals surface area (Å²) in [4.78, 5) is 3.81. The van der Waals surface area contributed by atoms with Crippen molar-refractivity contribution in [1.29, 1.82) is 0 Å². The smallest absolute Gasteiger partial charge is 0.0592 e. The monoisotopic (exact) mass is 165 g/mol. The number of allylic oxidation sites excluding steroid dienone is 3. The van der Waals surface area contributed by atoms with Gasteiger partial charge < -0.3 is 0 Å². The molecule has 68 valence electrons. The van der Waals surface area contributed by atoms with Crippen molar-refractivity contribution in [3.63, 3.8) is 0 Å². The van der Waals surface area contributed by atoms with Gasteiger partial charge in [-0.2, -0.15) is 0 Å². The second kappa shape index (κ2) is 5.76. The molecule has 12 heavy (non-hydrogen) atoms. The van der Waals surface area contributed by atoms with Gasteiger partial charge in [0.25, 0.3) is 0 Å². The lowest BCUT2D eigenvalue weighted by Crippen LogP contribution is -1.88. The molecule has 0 N–H and O–H groups in total. The molecule has 0 heterocycles. The lowest BCUT2D eigenvalue weighted by atomic mass is 10.0. The van der Waals surface area contributed by atoms with E-state index in [1.165, 1.54) is 11.1 Å². The lowest BCUT2D eigenvalue weighted by Gasteiger charge is -2.02. The number of rotatable bonds is 4. The zero-order valence-electron chi connectivity index (χ0n) is 8.59. The number of hydrogen-bond donors (Lipinski definition) is 0. The molecule has 0 aromatic carbocycles. The highest BCUT2D eigenvalue weighted by atomic mass is 14.7. The maximum atomic E-state index is 3.81. The van der Waals surface area contributed by atoms with Crippen molar-refractivity contribution in [2.24, 2.45) is 10.9 Å². The fraction of sp³-hybridized carbons (Fsp3) is 0.545. The highest BCUT2D eigenvalue weighted by Crippen LogP contribution is 2.08. The Morgan fingerprint density at radius 2 is 1.92 bits per heavy atom. The molecule has 0 aromatic heterocycles. The summed E-state index contributed by atoms with van der Waals surface area (Å²) >= 11 is 0. The molecule has 0 aliphatic carbocycles. The molecule has 0 aromatic rings. The normalized spacial score (nSPS) is 13.8. The minimum atomic E-state index is 0.630. The Hall–Kier alpha value is -0.850. The van der Waals surface area contributed by atoms with Gasteiger partial charge in [-0.25, -0.2) is 0 Å². The summed E-state index contributed by atoms with van der Waals surface area (Å²) in [5.41, 5.74) is 2.66. The van der Waals surface area contributed by atoms with Crippen LogP contribution in [0.3, 0.4) is 0 Å². The van der Waals surface area contributed by atoms with Gasteiger partial charge in [-0.05, 0) is 26.5 Å². The Morgan fingerprint density at radius 1 is 1.33 bits per heavy atom. The van der Waals surface area contributed by atoms with E-state index < -0.39 is 0 Å². The molecule has 0 amide bonds. The highest BCUT2D eigenvalue weighted by molar-refractivity contribution is 5.26. The van der Waals surface area contributed by atoms with E-state index in [-0.39, 0.29) is 0 Å². The third-order valence-corrected chi connectivity index (χ3v) is 1.90. The number of aliphatic imine (C=N–C) groups is 1. The SMILES string of the molecule is C=NC/C(C)=C/C=C(\C)C(C)C. The van der Waals surface area contributed by atoms with Crippen molar-refractivity contribution < 1.29 is 0 Å². The number of hydrogen-bond acceptors (Lipinski definition) is 1. The van der Waals surface area contributed by atoms with Gasteiger partial charge in [-0.1, -0.05) is 37.1 Å². The Kier molecular flexibility index (Phi) is 5.35. The molecule has 0 saturated carbocycles. The number of nitrogens with zero attached hydrogens (tertiary/aromatic N) is 1. The van der Waals surface area contributed by atoms with E-state index in [1.807, 2.05) is 0 Å². The first-order valence-electron chi connectivity index (χ1n) is 4.34. The molecular weight excluding hydrogens is 146 g/mol. The van der Waals surface area contributed by atoms with Crippen LogP contribution in [0.5, 0.6) is 0 Å². The van der Waals surface area contributed by atoms with Crippen LogP contribution < -0.4 is 0 Å². The first-order chi connectivity index (χ1) is 5.57. The van der Waals surface area contributed by atoms with Crippen LogP contribution in [-0.2, 0) is 0 Å². The fourth-order valence-corrected chi connectivity index (χ4v) is 0.695. The van der Waals surface area contributed by atoms with Crippen LogP contribution >= 0.6 is 0 Å². The van der Waals surface area contributed by atoms with Gasteiger partial charge in [0.15, 0.2) is 0 Å². The van der Waals surface area contributed by atoms with Crippen molar-refractivity contribution in [3.8, 4) is 0 Å². The molecule has 0 aliphatic rings. The summed E-state index contributed by atoms with van der Waals surface area (Å²) in [6.45, 7) is 12.8. The maximum Gasteiger partial charge on any atom is 0.0592 e. The molecule has 0 fully saturated rings. The van der Waals surface area contributed by atoms with E-state index in [1.54, 1.807) is 0 Å². The summed E-state index contributed by atoms with van der Waals surface area (Å²) in [5.74, 6) is 0.630. The van der Waals surface area contributed by atoms with Crippen LogP contribution in [0.15, 0.2) is 28.3 Å². The van der Waals surface area contributed by atoms with Crippen molar-refractivity contribution >= 4 is 6.72 Å². The fourth-order valence-electron chi connectivity index (χ4n) is 0.695. The Morgan fingerprint density at radius 3 is 2.33 bits per heavy atom. The predicted octanol–water partition coefficient (Wildman–Crippen LogP) is 3.24. The van der Waals surface area contributed by atoms with Gasteiger partial charge >= 0.3 is 0 Å². The van der Waals surface area contributed by atoms with E-state index in [0.717, 1.165) is 6.54 Å². The summed E-state index contributed by atoms with van der Waals surface area (Å²) in [7, 11) is 0. The van der Waals surface area contributed by atoms with Gasteiger partial charge in [0, 0.05) is 0 Å². The van der Waals surface area contributed by atoms with Crippen LogP contribution in [0.25, 0.3) is 0 Å². The molecule has 0 aliphatic heterocycles. The third-order valence-electron chi connectivity index (χ3n) is 1.90. The average molecular weight is 165 g/mol. The van der Waals surface area contributed by atoms with Crippen LogP contribution in [0.4, 0.5) is 0 Å². The molecule has 0 atom stereocenters. The first kappa shape index (κ1) is 11.2. The lowest BCUT2D eigenvalue weighted by molar-refractivity contribution is 0.769. The second-order valence-electron chi connectivity index (χ2n) is 3.46. The van der Waals surface area contributed by atoms with Gasteiger partial charge in [0.2, 0.25) is 0 Å². The molecule has 0 saturated heterocycles. The zero-order valence-corrected chi connectivity index (χ0v) is 8.59. The second-order valence-corrected chi connectivity index (χ2v) is 3.46. The third kappa shape index (κ3) is 4.89. The summed E-state index contributed by atoms with van der Waals surface area (Å²) in [5, 5.41) is 0. The average Bonchev–Trinajstić information content (AvgIpc) is 2.00. The van der Waals surface area contributed by atoms with Crippen LogP contribution in [0.2, 0.25) is 0 Å². The molecular formula is C11H19N. The van der Waals surface area contributed by atoms with Crippen molar-refractivity contribution in [1.82, 2.24) is 0 Å². The van der Waals surface area contributed by atoms with Gasteiger partial charge in [-0.15, -0.1) is 0 Å². The van der Waals surface area contributed by atoms with Gasteiger partial charge in [0.05, 0.1) is 6.54 Å². The molecule has 0 radical (unpaired) electrons. The van der Waals surface area contributed by atoms with Crippen molar-refractivity contribution in [2.75, 3.05) is 6.54 Å². The molecule has 1 nitrogen and oxygen atoms in total. The molecule has 0 rings (SSSR count). The Bertz CT molecular complexity index is 197.